The third kappa shape index (κ3) is 1.80. The quantitative estimate of drug-likeness (QED) is 0.868. The van der Waals surface area contributed by atoms with Gasteiger partial charge in [0, 0.05) is 0 Å². The molecule has 0 radical (unpaired) electrons. The van der Waals surface area contributed by atoms with Crippen LogP contribution in [-0.4, -0.2) is 5.91 Å². The van der Waals surface area contributed by atoms with Crippen LogP contribution in [0, 0.1) is 0 Å². The Kier molecular flexibility index (Phi) is 3.13. The molecule has 2 nitrogen and oxygen atoms in total. The van der Waals surface area contributed by atoms with E-state index in [2.05, 4.69) is 0 Å². The number of carbonyl (C=O) groups excluding carboxylic acids is 1. The van der Waals surface area contributed by atoms with Gasteiger partial charge in [-0.3, -0.25) is 4.79 Å². The molecular formula is C12H13Cl2NO. The Hall–Kier alpha value is -0.730. The van der Waals surface area contributed by atoms with E-state index in [4.69, 9.17) is 28.9 Å². The minimum atomic E-state index is -0.534. The summed E-state index contributed by atoms with van der Waals surface area (Å²) in [6.07, 6.45) is 3.67. The highest BCUT2D eigenvalue weighted by Crippen LogP contribution is 2.42. The molecule has 2 rings (SSSR count). The molecule has 0 saturated heterocycles. The van der Waals surface area contributed by atoms with Crippen LogP contribution in [0.25, 0.3) is 0 Å². The topological polar surface area (TPSA) is 43.1 Å². The van der Waals surface area contributed by atoms with Gasteiger partial charge in [0.05, 0.1) is 15.5 Å². The van der Waals surface area contributed by atoms with Crippen molar-refractivity contribution >= 4 is 29.1 Å². The third-order valence-corrected chi connectivity index (χ3v) is 4.14. The zero-order valence-corrected chi connectivity index (χ0v) is 10.3. The first kappa shape index (κ1) is 11.7. The summed E-state index contributed by atoms with van der Waals surface area (Å²) in [5.74, 6) is -0.261. The van der Waals surface area contributed by atoms with Crippen LogP contribution in [0.15, 0.2) is 18.2 Å². The molecule has 1 amide bonds. The fraction of sp³-hybridized carbons (Fsp3) is 0.417. The Labute approximate surface area is 105 Å². The van der Waals surface area contributed by atoms with Crippen molar-refractivity contribution < 1.29 is 4.79 Å². The number of nitrogens with two attached hydrogens (primary N) is 1. The number of amides is 1. The van der Waals surface area contributed by atoms with Crippen molar-refractivity contribution in [1.82, 2.24) is 0 Å². The minimum absolute atomic E-state index is 0.261. The summed E-state index contributed by atoms with van der Waals surface area (Å²) in [5.41, 5.74) is 5.90. The lowest BCUT2D eigenvalue weighted by Gasteiger charge is -2.25. The molecule has 0 spiro atoms. The zero-order valence-electron chi connectivity index (χ0n) is 8.80. The largest absolute Gasteiger partial charge is 0.369 e. The highest BCUT2D eigenvalue weighted by atomic mass is 35.5. The smallest absolute Gasteiger partial charge is 0.228 e. The number of primary amides is 1. The van der Waals surface area contributed by atoms with Crippen LogP contribution in [0.1, 0.15) is 31.2 Å². The molecule has 1 saturated carbocycles. The average molecular weight is 258 g/mol. The summed E-state index contributed by atoms with van der Waals surface area (Å²) in [6.45, 7) is 0. The van der Waals surface area contributed by atoms with Gasteiger partial charge >= 0.3 is 0 Å². The molecule has 0 bridgehead atoms. The highest BCUT2D eigenvalue weighted by molar-refractivity contribution is 6.42. The Balaban J connectivity index is 2.47. The van der Waals surface area contributed by atoms with Gasteiger partial charge in [-0.15, -0.1) is 0 Å². The van der Waals surface area contributed by atoms with Crippen LogP contribution < -0.4 is 5.73 Å². The van der Waals surface area contributed by atoms with E-state index in [0.717, 1.165) is 31.2 Å². The fourth-order valence-corrected chi connectivity index (χ4v) is 2.75. The number of carbonyl (C=O) groups is 1. The van der Waals surface area contributed by atoms with Crippen LogP contribution in [0.3, 0.4) is 0 Å². The first-order valence-electron chi connectivity index (χ1n) is 5.32. The first-order chi connectivity index (χ1) is 7.56. The van der Waals surface area contributed by atoms with Crippen molar-refractivity contribution in [3.63, 3.8) is 0 Å². The predicted octanol–water partition coefficient (Wildman–Crippen LogP) is 3.29. The lowest BCUT2D eigenvalue weighted by Crippen LogP contribution is -2.38. The third-order valence-electron chi connectivity index (χ3n) is 3.40. The number of rotatable bonds is 2. The average Bonchev–Trinajstić information content (AvgIpc) is 2.72. The van der Waals surface area contributed by atoms with Gasteiger partial charge in [0.2, 0.25) is 5.91 Å². The van der Waals surface area contributed by atoms with Crippen LogP contribution in [0.5, 0.6) is 0 Å². The molecule has 4 heteroatoms. The van der Waals surface area contributed by atoms with Crippen molar-refractivity contribution in [3.8, 4) is 0 Å². The van der Waals surface area contributed by atoms with Crippen molar-refractivity contribution in [2.24, 2.45) is 5.73 Å². The Bertz CT molecular complexity index is 425. The van der Waals surface area contributed by atoms with Crippen molar-refractivity contribution in [2.75, 3.05) is 0 Å². The van der Waals surface area contributed by atoms with E-state index in [-0.39, 0.29) is 5.91 Å². The number of hydrogen-bond donors (Lipinski definition) is 1. The predicted molar refractivity (Wildman–Crippen MR) is 65.8 cm³/mol. The van der Waals surface area contributed by atoms with Crippen LogP contribution in [-0.2, 0) is 10.2 Å². The molecular weight excluding hydrogens is 245 g/mol. The van der Waals surface area contributed by atoms with Gasteiger partial charge in [-0.25, -0.2) is 0 Å². The molecule has 1 aromatic carbocycles. The first-order valence-corrected chi connectivity index (χ1v) is 6.07. The maximum atomic E-state index is 11.7. The molecule has 1 aromatic rings. The van der Waals surface area contributed by atoms with E-state index >= 15 is 0 Å². The zero-order chi connectivity index (χ0) is 11.8. The van der Waals surface area contributed by atoms with Crippen LogP contribution >= 0.6 is 23.2 Å². The molecule has 0 unspecified atom stereocenters. The van der Waals surface area contributed by atoms with E-state index in [1.54, 1.807) is 12.1 Å². The maximum absolute atomic E-state index is 11.7. The lowest BCUT2D eigenvalue weighted by atomic mass is 9.78. The highest BCUT2D eigenvalue weighted by Gasteiger charge is 2.41. The molecule has 0 heterocycles. The van der Waals surface area contributed by atoms with Gasteiger partial charge in [-0.2, -0.15) is 0 Å². The van der Waals surface area contributed by atoms with E-state index in [0.29, 0.717) is 10.0 Å². The maximum Gasteiger partial charge on any atom is 0.228 e. The van der Waals surface area contributed by atoms with Crippen molar-refractivity contribution in [1.29, 1.82) is 0 Å². The molecule has 0 atom stereocenters. The molecule has 0 aliphatic heterocycles. The number of hydrogen-bond acceptors (Lipinski definition) is 1. The van der Waals surface area contributed by atoms with E-state index in [9.17, 15) is 4.79 Å². The molecule has 1 aliphatic rings. The normalized spacial score (nSPS) is 18.6. The molecule has 1 aliphatic carbocycles. The fourth-order valence-electron chi connectivity index (χ4n) is 2.45. The standard InChI is InChI=1S/C12H13Cl2NO/c13-9-4-3-8(7-10(9)14)12(11(15)16)5-1-2-6-12/h3-4,7H,1-2,5-6H2,(H2,15,16). The Morgan fingerprint density at radius 1 is 1.19 bits per heavy atom. The Morgan fingerprint density at radius 2 is 1.81 bits per heavy atom. The van der Waals surface area contributed by atoms with Gasteiger partial charge in [-0.05, 0) is 30.5 Å². The summed E-state index contributed by atoms with van der Waals surface area (Å²) >= 11 is 11.8. The Morgan fingerprint density at radius 3 is 2.31 bits per heavy atom. The van der Waals surface area contributed by atoms with Crippen molar-refractivity contribution in [3.05, 3.63) is 33.8 Å². The monoisotopic (exact) mass is 257 g/mol. The second kappa shape index (κ2) is 4.27. The minimum Gasteiger partial charge on any atom is -0.369 e. The second-order valence-electron chi connectivity index (χ2n) is 4.28. The number of benzene rings is 1. The SMILES string of the molecule is NC(=O)C1(c2ccc(Cl)c(Cl)c2)CCCC1. The van der Waals surface area contributed by atoms with Crippen LogP contribution in [0.2, 0.25) is 10.0 Å². The van der Waals surface area contributed by atoms with E-state index in [1.165, 1.54) is 0 Å². The molecule has 16 heavy (non-hydrogen) atoms. The van der Waals surface area contributed by atoms with Gasteiger partial charge in [0.25, 0.3) is 0 Å². The summed E-state index contributed by atoms with van der Waals surface area (Å²) in [6, 6.07) is 5.34. The van der Waals surface area contributed by atoms with Crippen LogP contribution in [0.4, 0.5) is 0 Å². The summed E-state index contributed by atoms with van der Waals surface area (Å²) in [4.78, 5) is 11.7. The van der Waals surface area contributed by atoms with Gasteiger partial charge in [0.1, 0.15) is 0 Å². The van der Waals surface area contributed by atoms with Crippen molar-refractivity contribution in [2.45, 2.75) is 31.1 Å². The van der Waals surface area contributed by atoms with Gasteiger partial charge in [0.15, 0.2) is 0 Å². The molecule has 1 fully saturated rings. The summed E-state index contributed by atoms with van der Waals surface area (Å²) in [7, 11) is 0. The van der Waals surface area contributed by atoms with E-state index < -0.39 is 5.41 Å². The lowest BCUT2D eigenvalue weighted by molar-refractivity contribution is -0.123. The van der Waals surface area contributed by atoms with Gasteiger partial charge in [-0.1, -0.05) is 42.1 Å². The van der Waals surface area contributed by atoms with Gasteiger partial charge < -0.3 is 5.73 Å². The molecule has 2 N–H and O–H groups in total. The second-order valence-corrected chi connectivity index (χ2v) is 5.10. The number of halogens is 2. The summed E-state index contributed by atoms with van der Waals surface area (Å²) < 4.78 is 0. The summed E-state index contributed by atoms with van der Waals surface area (Å²) in [5, 5.41) is 0.981. The van der Waals surface area contributed by atoms with E-state index in [1.807, 2.05) is 6.07 Å². The molecule has 0 aromatic heterocycles. The molecule has 86 valence electrons.